The Kier molecular flexibility index (Phi) is 6.50. The van der Waals surface area contributed by atoms with Crippen LogP contribution in [0.4, 0.5) is 4.79 Å². The average Bonchev–Trinajstić information content (AvgIpc) is 3.52. The molecular weight excluding hydrogens is 444 g/mol. The number of nitrogens with zero attached hydrogens (tertiary/aromatic N) is 1. The lowest BCUT2D eigenvalue weighted by Crippen LogP contribution is -2.50. The number of benzene rings is 2. The topological polar surface area (TPSA) is 95.9 Å². The molecule has 2 aromatic rings. The van der Waals surface area contributed by atoms with Crippen LogP contribution in [0.15, 0.2) is 48.5 Å². The van der Waals surface area contributed by atoms with Gasteiger partial charge in [0, 0.05) is 19.0 Å². The Morgan fingerprint density at radius 3 is 2.34 bits per heavy atom. The van der Waals surface area contributed by atoms with Gasteiger partial charge in [-0.3, -0.25) is 9.59 Å². The van der Waals surface area contributed by atoms with Crippen molar-refractivity contribution in [2.24, 2.45) is 17.8 Å². The summed E-state index contributed by atoms with van der Waals surface area (Å²) < 4.78 is 5.67. The average molecular weight is 477 g/mol. The van der Waals surface area contributed by atoms with Crippen molar-refractivity contribution in [1.82, 2.24) is 10.2 Å². The standard InChI is InChI=1S/C28H32N2O5/c1-2-3-12-24(26(31)30-14-13-21-22(15-30)25(21)27(32)33)29-28(34)35-16-23-19-10-6-4-8-17(19)18-9-5-7-11-20(18)23/h4-11,21-25H,2-3,12-16H2,1H3,(H,29,34)(H,32,33)/t21-,22+,24+,25?/m1/s1. The molecule has 184 valence electrons. The van der Waals surface area contributed by atoms with Gasteiger partial charge in [0.25, 0.3) is 0 Å². The third-order valence-electron chi connectivity index (χ3n) is 7.87. The van der Waals surface area contributed by atoms with Crippen molar-refractivity contribution in [3.05, 3.63) is 59.7 Å². The van der Waals surface area contributed by atoms with E-state index in [4.69, 9.17) is 4.74 Å². The van der Waals surface area contributed by atoms with Gasteiger partial charge in [-0.05, 0) is 46.9 Å². The second-order valence-electron chi connectivity index (χ2n) is 9.93. The molecule has 2 aromatic carbocycles. The molecule has 0 radical (unpaired) electrons. The molecule has 1 saturated carbocycles. The van der Waals surface area contributed by atoms with Crippen molar-refractivity contribution in [1.29, 1.82) is 0 Å². The first-order valence-electron chi connectivity index (χ1n) is 12.6. The monoisotopic (exact) mass is 476 g/mol. The van der Waals surface area contributed by atoms with Gasteiger partial charge in [-0.15, -0.1) is 0 Å². The van der Waals surface area contributed by atoms with Crippen molar-refractivity contribution < 1.29 is 24.2 Å². The first-order valence-corrected chi connectivity index (χ1v) is 12.6. The Labute approximate surface area is 205 Å². The SMILES string of the molecule is CCCC[C@H](NC(=O)OCC1c2ccccc2-c2ccccc21)C(=O)N1CC[C@H]2C(C(=O)O)[C@H]2C1. The minimum atomic E-state index is -0.770. The van der Waals surface area contributed by atoms with Crippen LogP contribution < -0.4 is 5.32 Å². The summed E-state index contributed by atoms with van der Waals surface area (Å²) in [6.07, 6.45) is 2.36. The van der Waals surface area contributed by atoms with E-state index >= 15 is 0 Å². The van der Waals surface area contributed by atoms with Gasteiger partial charge in [0.15, 0.2) is 0 Å². The Bertz CT molecular complexity index is 1090. The molecule has 5 rings (SSSR count). The molecule has 2 amide bonds. The van der Waals surface area contributed by atoms with Gasteiger partial charge in [-0.2, -0.15) is 0 Å². The highest BCUT2D eigenvalue weighted by Gasteiger charge is 2.57. The second kappa shape index (κ2) is 9.72. The number of piperidine rings is 1. The van der Waals surface area contributed by atoms with Crippen LogP contribution in [-0.2, 0) is 14.3 Å². The number of carbonyl (C=O) groups excluding carboxylic acids is 2. The molecule has 2 N–H and O–H groups in total. The molecule has 3 aliphatic rings. The van der Waals surface area contributed by atoms with Crippen LogP contribution in [0.1, 0.15) is 49.7 Å². The molecule has 7 heteroatoms. The maximum Gasteiger partial charge on any atom is 0.407 e. The third kappa shape index (κ3) is 4.51. The molecule has 1 saturated heterocycles. The van der Waals surface area contributed by atoms with Crippen molar-refractivity contribution in [3.8, 4) is 11.1 Å². The third-order valence-corrected chi connectivity index (χ3v) is 7.87. The van der Waals surface area contributed by atoms with Crippen molar-refractivity contribution in [3.63, 3.8) is 0 Å². The van der Waals surface area contributed by atoms with E-state index in [1.165, 1.54) is 0 Å². The lowest BCUT2D eigenvalue weighted by atomic mass is 9.98. The van der Waals surface area contributed by atoms with E-state index in [1.807, 2.05) is 31.2 Å². The number of hydrogen-bond acceptors (Lipinski definition) is 4. The Hall–Kier alpha value is -3.35. The fourth-order valence-electron chi connectivity index (χ4n) is 5.97. The van der Waals surface area contributed by atoms with Gasteiger partial charge in [0.1, 0.15) is 12.6 Å². The van der Waals surface area contributed by atoms with Gasteiger partial charge in [-0.25, -0.2) is 4.79 Å². The zero-order chi connectivity index (χ0) is 24.5. The van der Waals surface area contributed by atoms with Crippen LogP contribution in [0.5, 0.6) is 0 Å². The molecule has 4 atom stereocenters. The number of fused-ring (bicyclic) bond motifs is 4. The van der Waals surface area contributed by atoms with E-state index < -0.39 is 18.1 Å². The number of likely N-dealkylation sites (tertiary alicyclic amines) is 1. The summed E-state index contributed by atoms with van der Waals surface area (Å²) in [6, 6.07) is 15.7. The highest BCUT2D eigenvalue weighted by atomic mass is 16.5. The summed E-state index contributed by atoms with van der Waals surface area (Å²) in [4.78, 5) is 39.2. The molecule has 2 aliphatic carbocycles. The lowest BCUT2D eigenvalue weighted by Gasteiger charge is -2.30. The Balaban J connectivity index is 1.22. The molecule has 35 heavy (non-hydrogen) atoms. The van der Waals surface area contributed by atoms with Crippen molar-refractivity contribution in [2.45, 2.75) is 44.6 Å². The first-order chi connectivity index (χ1) is 17.0. The van der Waals surface area contributed by atoms with E-state index in [0.29, 0.717) is 25.9 Å². The number of carboxylic acids is 1. The van der Waals surface area contributed by atoms with Crippen LogP contribution in [-0.4, -0.2) is 53.7 Å². The number of rotatable bonds is 8. The maximum absolute atomic E-state index is 13.3. The van der Waals surface area contributed by atoms with Gasteiger partial charge in [0.2, 0.25) is 5.91 Å². The molecule has 1 aliphatic heterocycles. The highest BCUT2D eigenvalue weighted by molar-refractivity contribution is 5.86. The van der Waals surface area contributed by atoms with Crippen LogP contribution in [0.3, 0.4) is 0 Å². The van der Waals surface area contributed by atoms with E-state index in [9.17, 15) is 19.5 Å². The van der Waals surface area contributed by atoms with E-state index in [2.05, 4.69) is 29.6 Å². The minimum absolute atomic E-state index is 0.0338. The molecule has 7 nitrogen and oxygen atoms in total. The minimum Gasteiger partial charge on any atom is -0.481 e. The lowest BCUT2D eigenvalue weighted by molar-refractivity contribution is -0.139. The number of nitrogens with one attached hydrogen (secondary N) is 1. The molecule has 0 bridgehead atoms. The normalized spacial score (nSPS) is 23.0. The fourth-order valence-corrected chi connectivity index (χ4v) is 5.97. The summed E-state index contributed by atoms with van der Waals surface area (Å²) in [5.41, 5.74) is 4.60. The van der Waals surface area contributed by atoms with Gasteiger partial charge in [-0.1, -0.05) is 68.3 Å². The number of hydrogen-bond donors (Lipinski definition) is 2. The number of carbonyl (C=O) groups is 3. The smallest absolute Gasteiger partial charge is 0.407 e. The second-order valence-corrected chi connectivity index (χ2v) is 9.93. The summed E-state index contributed by atoms with van der Waals surface area (Å²) in [5.74, 6) is -1.07. The van der Waals surface area contributed by atoms with Gasteiger partial charge >= 0.3 is 12.1 Å². The van der Waals surface area contributed by atoms with E-state index in [0.717, 1.165) is 35.1 Å². The number of ether oxygens (including phenoxy) is 1. The first kappa shape index (κ1) is 23.4. The van der Waals surface area contributed by atoms with Crippen molar-refractivity contribution >= 4 is 18.0 Å². The van der Waals surface area contributed by atoms with E-state index in [1.54, 1.807) is 4.90 Å². The molecule has 1 heterocycles. The van der Waals surface area contributed by atoms with Crippen LogP contribution in [0.25, 0.3) is 11.1 Å². The molecule has 0 spiro atoms. The quantitative estimate of drug-likeness (QED) is 0.593. The molecular formula is C28H32N2O5. The van der Waals surface area contributed by atoms with Crippen molar-refractivity contribution in [2.75, 3.05) is 19.7 Å². The summed E-state index contributed by atoms with van der Waals surface area (Å²) in [5, 5.41) is 12.2. The predicted octanol–water partition coefficient (Wildman–Crippen LogP) is 4.26. The summed E-state index contributed by atoms with van der Waals surface area (Å²) >= 11 is 0. The number of alkyl carbamates (subject to hydrolysis) is 1. The Morgan fingerprint density at radius 2 is 1.71 bits per heavy atom. The largest absolute Gasteiger partial charge is 0.481 e. The van der Waals surface area contributed by atoms with Crippen LogP contribution in [0, 0.1) is 17.8 Å². The zero-order valence-corrected chi connectivity index (χ0v) is 20.0. The zero-order valence-electron chi connectivity index (χ0n) is 20.0. The van der Waals surface area contributed by atoms with Gasteiger partial charge < -0.3 is 20.1 Å². The molecule has 0 aromatic heterocycles. The summed E-state index contributed by atoms with van der Waals surface area (Å²) in [7, 11) is 0. The predicted molar refractivity (Wildman–Crippen MR) is 131 cm³/mol. The fraction of sp³-hybridized carbons (Fsp3) is 0.464. The highest BCUT2D eigenvalue weighted by Crippen LogP contribution is 2.51. The van der Waals surface area contributed by atoms with Crippen LogP contribution in [0.2, 0.25) is 0 Å². The number of unbranched alkanes of at least 4 members (excludes halogenated alkanes) is 1. The molecule has 2 fully saturated rings. The van der Waals surface area contributed by atoms with Gasteiger partial charge in [0.05, 0.1) is 5.92 Å². The number of carboxylic acid groups (broad SMARTS) is 1. The summed E-state index contributed by atoms with van der Waals surface area (Å²) in [6.45, 7) is 3.23. The number of amides is 2. The van der Waals surface area contributed by atoms with Crippen LogP contribution >= 0.6 is 0 Å². The Morgan fingerprint density at radius 1 is 1.06 bits per heavy atom. The maximum atomic E-state index is 13.3. The van der Waals surface area contributed by atoms with E-state index in [-0.39, 0.29) is 36.2 Å². The molecule has 1 unspecified atom stereocenters. The number of aliphatic carboxylic acids is 1.